The van der Waals surface area contributed by atoms with Crippen molar-refractivity contribution in [3.8, 4) is 10.4 Å². The maximum absolute atomic E-state index is 16.2. The molecule has 3 aromatic rings. The standard InChI is InChI=1S/C55H71F4N9O10S/c1-32-26-67(27-33(2)65(32)7)44-23-42(56)39(21-43(44)63-51(73)40-25-60-46(70)22-41(40)55(57,58)59)36-12-14-66(15-13-36)48(72)30-78-19-17-76-16-18-77-29-47(71)64-50(54(4,5)6)53(75)68-28-38(69)20-45(68)52(74)61-24-35-8-10-37(11-9-35)49-34(3)62-31-79-49/h8-12,22-23,25,31-33,38-39,45,50,69H,13-21,24,26-30H2,1-7H3,(H,60,70)(H,61,74)(H,63,73)(H,64,71)/t32?,33?,38?,39?,45-,50+/m0/s1. The van der Waals surface area contributed by atoms with Gasteiger partial charge in [-0.15, -0.1) is 11.3 Å². The minimum Gasteiger partial charge on any atom is -0.391 e. The highest BCUT2D eigenvalue weighted by molar-refractivity contribution is 7.13. The fraction of sp³-hybridized carbons (Fsp3) is 0.545. The maximum Gasteiger partial charge on any atom is 0.417 e. The number of halogens is 4. The molecule has 24 heteroatoms. The smallest absolute Gasteiger partial charge is 0.391 e. The summed E-state index contributed by atoms with van der Waals surface area (Å²) >= 11 is 1.55. The average molecular weight is 1130 g/mol. The van der Waals surface area contributed by atoms with Crippen molar-refractivity contribution < 1.29 is 60.9 Å². The van der Waals surface area contributed by atoms with Crippen LogP contribution < -0.4 is 21.5 Å². The number of nitrogens with zero attached hydrogens (tertiary/aromatic N) is 5. The molecule has 2 aromatic heterocycles. The van der Waals surface area contributed by atoms with Gasteiger partial charge in [-0.1, -0.05) is 56.7 Å². The van der Waals surface area contributed by atoms with Gasteiger partial charge >= 0.3 is 6.18 Å². The Morgan fingerprint density at radius 3 is 2.25 bits per heavy atom. The summed E-state index contributed by atoms with van der Waals surface area (Å²) in [5.41, 5.74) is 1.89. The van der Waals surface area contributed by atoms with E-state index in [4.69, 9.17) is 14.2 Å². The summed E-state index contributed by atoms with van der Waals surface area (Å²) in [6, 6.07) is 6.19. The number of hydrogen-bond donors (Lipinski definition) is 5. The van der Waals surface area contributed by atoms with Crippen LogP contribution in [-0.4, -0.2) is 174 Å². The SMILES string of the molecule is Cc1ncsc1-c1ccc(CNC(=O)[C@@H]2CC(O)CN2C(=O)[C@@H](NC(=O)COCCOCCOCC(=O)N2CC=C(C3CC(NC(=O)c4c[nH]c(=O)cc4C(F)(F)F)=C(N4CC(C)N(C)C(C)C4)C=C3F)CC2)C(C)(C)C)cc1. The van der Waals surface area contributed by atoms with Gasteiger partial charge in [-0.25, -0.2) is 9.37 Å². The second-order valence-corrected chi connectivity index (χ2v) is 22.4. The molecule has 0 saturated carbocycles. The van der Waals surface area contributed by atoms with Gasteiger partial charge in [0, 0.05) is 88.1 Å². The highest BCUT2D eigenvalue weighted by atomic mass is 32.1. The number of nitrogens with one attached hydrogen (secondary N) is 4. The Balaban J connectivity index is 0.821. The molecular formula is C55H71F4N9O10S. The van der Waals surface area contributed by atoms with Crippen molar-refractivity contribution in [3.63, 3.8) is 0 Å². The third-order valence-electron chi connectivity index (χ3n) is 14.7. The van der Waals surface area contributed by atoms with Gasteiger partial charge in [0.1, 0.15) is 31.1 Å². The number of β-amino-alcohol motifs (C(OH)–C–C–N with tert-alkyl or cyclic N) is 1. The van der Waals surface area contributed by atoms with E-state index in [9.17, 15) is 47.0 Å². The number of ether oxygens (including phenoxy) is 3. The van der Waals surface area contributed by atoms with Crippen LogP contribution in [0.4, 0.5) is 17.6 Å². The summed E-state index contributed by atoms with van der Waals surface area (Å²) in [5, 5.41) is 18.9. The van der Waals surface area contributed by atoms with Crippen molar-refractivity contribution in [1.82, 2.24) is 45.5 Å². The van der Waals surface area contributed by atoms with Gasteiger partial charge in [-0.3, -0.25) is 33.7 Å². The van der Waals surface area contributed by atoms with Crippen LogP contribution in [0.2, 0.25) is 0 Å². The van der Waals surface area contributed by atoms with Gasteiger partial charge in [-0.2, -0.15) is 13.2 Å². The number of aliphatic hydroxyl groups is 1. The third-order valence-corrected chi connectivity index (χ3v) is 15.7. The monoisotopic (exact) mass is 1130 g/mol. The molecule has 2 fully saturated rings. The van der Waals surface area contributed by atoms with Gasteiger partial charge in [0.25, 0.3) is 5.91 Å². The number of pyridine rings is 1. The number of allylic oxidation sites excluding steroid dienone is 3. The van der Waals surface area contributed by atoms with Gasteiger partial charge in [0.2, 0.25) is 29.2 Å². The molecule has 5 heterocycles. The molecule has 7 rings (SSSR count). The number of alkyl halides is 3. The van der Waals surface area contributed by atoms with E-state index >= 15 is 4.39 Å². The zero-order valence-electron chi connectivity index (χ0n) is 45.5. The van der Waals surface area contributed by atoms with Crippen molar-refractivity contribution >= 4 is 40.9 Å². The number of aryl methyl sites for hydroxylation is 1. The fourth-order valence-corrected chi connectivity index (χ4v) is 10.9. The van der Waals surface area contributed by atoms with Gasteiger partial charge in [-0.05, 0) is 56.9 Å². The second kappa shape index (κ2) is 26.3. The summed E-state index contributed by atoms with van der Waals surface area (Å²) in [4.78, 5) is 93.5. The molecule has 19 nitrogen and oxygen atoms in total. The average Bonchev–Trinajstić information content (AvgIpc) is 4.06. The van der Waals surface area contributed by atoms with E-state index in [1.807, 2.05) is 57.0 Å². The number of aromatic nitrogens is 2. The predicted octanol–water partition coefficient (Wildman–Crippen LogP) is 4.68. The molecule has 0 spiro atoms. The Bertz CT molecular complexity index is 2840. The van der Waals surface area contributed by atoms with Crippen molar-refractivity contribution in [3.05, 3.63) is 110 Å². The van der Waals surface area contributed by atoms with Gasteiger partial charge in [0.05, 0.1) is 65.4 Å². The number of aliphatic hydroxyl groups excluding tert-OH is 1. The van der Waals surface area contributed by atoms with E-state index in [2.05, 4.69) is 30.8 Å². The van der Waals surface area contributed by atoms with E-state index in [0.29, 0.717) is 30.4 Å². The Morgan fingerprint density at radius 2 is 1.63 bits per heavy atom. The first kappa shape index (κ1) is 60.3. The zero-order valence-corrected chi connectivity index (χ0v) is 46.4. The van der Waals surface area contributed by atoms with Crippen LogP contribution in [-0.2, 0) is 46.1 Å². The number of aromatic amines is 1. The minimum atomic E-state index is -4.99. The topological polar surface area (TPSA) is 228 Å². The number of thiazole rings is 1. The van der Waals surface area contributed by atoms with Crippen LogP contribution in [0, 0.1) is 18.3 Å². The Morgan fingerprint density at radius 1 is 0.962 bits per heavy atom. The lowest BCUT2D eigenvalue weighted by Gasteiger charge is -2.45. The number of H-pyrrole nitrogens is 1. The van der Waals surface area contributed by atoms with Crippen LogP contribution in [0.5, 0.6) is 0 Å². The van der Waals surface area contributed by atoms with Crippen LogP contribution in [0.15, 0.2) is 81.8 Å². The lowest BCUT2D eigenvalue weighted by molar-refractivity contribution is -0.144. The number of likely N-dealkylation sites (N-methyl/N-ethyl adjacent to an activating group) is 1. The molecule has 0 radical (unpaired) electrons. The van der Waals surface area contributed by atoms with Crippen molar-refractivity contribution in [2.24, 2.45) is 11.3 Å². The largest absolute Gasteiger partial charge is 0.417 e. The first-order valence-electron chi connectivity index (χ1n) is 26.3. The number of rotatable bonds is 20. The molecule has 4 unspecified atom stereocenters. The molecule has 6 atom stereocenters. The predicted molar refractivity (Wildman–Crippen MR) is 285 cm³/mol. The number of piperazine rings is 1. The molecule has 0 bridgehead atoms. The van der Waals surface area contributed by atoms with Crippen molar-refractivity contribution in [2.75, 3.05) is 79.4 Å². The normalized spacial score (nSPS) is 21.6. The molecule has 5 N–H and O–H groups in total. The summed E-state index contributed by atoms with van der Waals surface area (Å²) < 4.78 is 74.7. The summed E-state index contributed by atoms with van der Waals surface area (Å²) in [7, 11) is 1.97. The third kappa shape index (κ3) is 15.5. The molecule has 79 heavy (non-hydrogen) atoms. The Labute approximate surface area is 460 Å². The van der Waals surface area contributed by atoms with Crippen LogP contribution >= 0.6 is 11.3 Å². The Hall–Kier alpha value is -6.31. The zero-order chi connectivity index (χ0) is 57.3. The second-order valence-electron chi connectivity index (χ2n) is 21.5. The molecule has 3 aliphatic heterocycles. The number of hydrogen-bond acceptors (Lipinski definition) is 14. The number of benzene rings is 1. The number of likely N-dealkylation sites (tertiary alicyclic amines) is 1. The molecule has 2 saturated heterocycles. The van der Waals surface area contributed by atoms with Crippen molar-refractivity contribution in [1.29, 1.82) is 0 Å². The molecule has 4 aliphatic rings. The first-order chi connectivity index (χ1) is 37.4. The van der Waals surface area contributed by atoms with E-state index < -0.39 is 81.8 Å². The minimum absolute atomic E-state index is 0.0289. The number of carbonyl (C=O) groups is 5. The van der Waals surface area contributed by atoms with E-state index in [0.717, 1.165) is 27.9 Å². The Kier molecular flexibility index (Phi) is 20.1. The van der Waals surface area contributed by atoms with Crippen molar-refractivity contribution in [2.45, 2.75) is 104 Å². The summed E-state index contributed by atoms with van der Waals surface area (Å²) in [6.45, 7) is 12.4. The fourth-order valence-electron chi connectivity index (χ4n) is 10.1. The molecular weight excluding hydrogens is 1050 g/mol. The van der Waals surface area contributed by atoms with E-state index in [1.54, 1.807) is 48.6 Å². The van der Waals surface area contributed by atoms with Gasteiger partial charge in [0.15, 0.2) is 0 Å². The quantitative estimate of drug-likeness (QED) is 0.0589. The van der Waals surface area contributed by atoms with Crippen LogP contribution in [0.1, 0.15) is 81.1 Å². The lowest BCUT2D eigenvalue weighted by atomic mass is 9.84. The number of carbonyl (C=O) groups excluding carboxylic acids is 5. The van der Waals surface area contributed by atoms with Crippen LogP contribution in [0.25, 0.3) is 10.4 Å². The first-order valence-corrected chi connectivity index (χ1v) is 27.2. The maximum atomic E-state index is 16.2. The number of amides is 5. The molecule has 1 aliphatic carbocycles. The van der Waals surface area contributed by atoms with E-state index in [1.165, 1.54) is 11.0 Å². The lowest BCUT2D eigenvalue weighted by Crippen LogP contribution is -2.58. The summed E-state index contributed by atoms with van der Waals surface area (Å²) in [6.07, 6.45) is -1.85. The highest BCUT2D eigenvalue weighted by Crippen LogP contribution is 2.39. The van der Waals surface area contributed by atoms with Crippen LogP contribution in [0.3, 0.4) is 0 Å². The molecule has 430 valence electrons. The molecule has 1 aromatic carbocycles. The highest BCUT2D eigenvalue weighted by Gasteiger charge is 2.45. The molecule has 5 amide bonds. The van der Waals surface area contributed by atoms with E-state index in [-0.39, 0.29) is 109 Å². The van der Waals surface area contributed by atoms with Gasteiger partial charge < -0.3 is 55.0 Å². The summed E-state index contributed by atoms with van der Waals surface area (Å²) in [5.74, 6) is -4.23.